The van der Waals surface area contributed by atoms with Gasteiger partial charge in [0.05, 0.1) is 11.1 Å². The third-order valence-electron chi connectivity index (χ3n) is 6.00. The molecule has 36 heavy (non-hydrogen) atoms. The van der Waals surface area contributed by atoms with Crippen molar-refractivity contribution in [1.82, 2.24) is 0 Å². The van der Waals surface area contributed by atoms with Crippen LogP contribution in [0.3, 0.4) is 0 Å². The number of hydrogen-bond donors (Lipinski definition) is 2. The van der Waals surface area contributed by atoms with Gasteiger partial charge in [-0.05, 0) is 49.6 Å². The van der Waals surface area contributed by atoms with E-state index in [0.29, 0.717) is 23.5 Å². The van der Waals surface area contributed by atoms with E-state index in [1.165, 1.54) is 0 Å². The van der Waals surface area contributed by atoms with Gasteiger partial charge in [0.1, 0.15) is 11.3 Å². The first-order chi connectivity index (χ1) is 17.3. The summed E-state index contributed by atoms with van der Waals surface area (Å²) in [4.78, 5) is 17.1. The maximum absolute atomic E-state index is 12.5. The summed E-state index contributed by atoms with van der Waals surface area (Å²) in [7, 11) is -3.99. The van der Waals surface area contributed by atoms with Crippen LogP contribution in [0.2, 0.25) is 0 Å². The maximum atomic E-state index is 12.5. The van der Waals surface area contributed by atoms with Crippen LogP contribution >= 0.6 is 0 Å². The number of carbonyl (C=O) groups excluding carboxylic acids is 1. The first-order valence-corrected chi connectivity index (χ1v) is 13.7. The molecule has 2 aromatic carbocycles. The zero-order chi connectivity index (χ0) is 25.7. The summed E-state index contributed by atoms with van der Waals surface area (Å²) in [5.74, 6) is 0.340. The summed E-state index contributed by atoms with van der Waals surface area (Å²) in [5.41, 5.74) is 4.65. The summed E-state index contributed by atoms with van der Waals surface area (Å²) in [6.07, 6.45) is 2.35. The van der Waals surface area contributed by atoms with Gasteiger partial charge in [0.25, 0.3) is 10.1 Å². The first kappa shape index (κ1) is 25.6. The standard InChI is InChI=1S/C28H30N2O5S/c1-3-4-14-29-20-10-12-24-26(17-20)35-27-18-21(30-15-7-16-36(32,33)34)11-13-25(27)28(24)23-9-6-5-8-22(23)19(2)31/h5-6,8-13,17-18,30H,3-4,7,14-16H2,1-2H3,(H,32,33,34)/b29-20-. The van der Waals surface area contributed by atoms with E-state index >= 15 is 0 Å². The van der Waals surface area contributed by atoms with E-state index in [2.05, 4.69) is 17.2 Å². The Labute approximate surface area is 211 Å². The lowest BCUT2D eigenvalue weighted by atomic mass is 9.90. The minimum atomic E-state index is -3.99. The van der Waals surface area contributed by atoms with Gasteiger partial charge in [-0.3, -0.25) is 14.3 Å². The molecule has 0 spiro atoms. The Morgan fingerprint density at radius 1 is 1.03 bits per heavy atom. The van der Waals surface area contributed by atoms with Crippen LogP contribution in [0.15, 0.2) is 70.1 Å². The number of ketones is 1. The second-order valence-corrected chi connectivity index (χ2v) is 10.3. The van der Waals surface area contributed by atoms with Gasteiger partial charge in [-0.15, -0.1) is 0 Å². The van der Waals surface area contributed by atoms with Gasteiger partial charge in [-0.2, -0.15) is 8.42 Å². The molecule has 0 saturated carbocycles. The molecule has 1 aliphatic heterocycles. The molecule has 0 aromatic heterocycles. The minimum Gasteiger partial charge on any atom is -0.456 e. The lowest BCUT2D eigenvalue weighted by Crippen LogP contribution is -2.10. The summed E-state index contributed by atoms with van der Waals surface area (Å²) >= 11 is 0. The Kier molecular flexibility index (Phi) is 7.86. The fourth-order valence-corrected chi connectivity index (χ4v) is 4.75. The number of nitrogens with zero attached hydrogens (tertiary/aromatic N) is 1. The third-order valence-corrected chi connectivity index (χ3v) is 6.80. The van der Waals surface area contributed by atoms with Crippen molar-refractivity contribution in [2.75, 3.05) is 24.2 Å². The van der Waals surface area contributed by atoms with Crippen molar-refractivity contribution in [3.05, 3.63) is 71.6 Å². The Morgan fingerprint density at radius 2 is 1.83 bits per heavy atom. The molecule has 0 radical (unpaired) electrons. The van der Waals surface area contributed by atoms with Gasteiger partial charge in [0, 0.05) is 53.0 Å². The van der Waals surface area contributed by atoms with Crippen LogP contribution in [0.1, 0.15) is 43.5 Å². The molecule has 8 heteroatoms. The molecule has 4 rings (SSSR count). The van der Waals surface area contributed by atoms with E-state index < -0.39 is 10.1 Å². The predicted molar refractivity (Wildman–Crippen MR) is 143 cm³/mol. The number of unbranched alkanes of at least 4 members (excludes halogenated alkanes) is 1. The van der Waals surface area contributed by atoms with Crippen LogP contribution in [0.5, 0.6) is 0 Å². The molecule has 188 valence electrons. The summed E-state index contributed by atoms with van der Waals surface area (Å²) in [5, 5.41) is 4.88. The van der Waals surface area contributed by atoms with E-state index in [9.17, 15) is 13.2 Å². The number of hydrogen-bond acceptors (Lipinski definition) is 6. The van der Waals surface area contributed by atoms with E-state index in [-0.39, 0.29) is 18.0 Å². The monoisotopic (exact) mass is 506 g/mol. The van der Waals surface area contributed by atoms with Gasteiger partial charge in [-0.25, -0.2) is 0 Å². The number of fused-ring (bicyclic) bond motifs is 2. The van der Waals surface area contributed by atoms with Crippen LogP contribution in [-0.4, -0.2) is 37.6 Å². The first-order valence-electron chi connectivity index (χ1n) is 12.1. The normalized spacial score (nSPS) is 12.4. The second-order valence-electron chi connectivity index (χ2n) is 8.77. The Hall–Kier alpha value is -3.49. The molecule has 0 amide bonds. The fraction of sp³-hybridized carbons (Fsp3) is 0.286. The molecule has 1 heterocycles. The molecule has 1 aliphatic carbocycles. The lowest BCUT2D eigenvalue weighted by Gasteiger charge is -2.18. The van der Waals surface area contributed by atoms with Gasteiger partial charge in [0.2, 0.25) is 0 Å². The van der Waals surface area contributed by atoms with Gasteiger partial charge in [-0.1, -0.05) is 37.6 Å². The van der Waals surface area contributed by atoms with Crippen LogP contribution in [0, 0.1) is 0 Å². The van der Waals surface area contributed by atoms with E-state index in [4.69, 9.17) is 8.97 Å². The number of benzene rings is 3. The summed E-state index contributed by atoms with van der Waals surface area (Å²) < 4.78 is 37.2. The molecule has 2 aromatic rings. The van der Waals surface area contributed by atoms with Crippen molar-refractivity contribution in [1.29, 1.82) is 0 Å². The van der Waals surface area contributed by atoms with Crippen LogP contribution in [-0.2, 0) is 10.1 Å². The maximum Gasteiger partial charge on any atom is 0.264 e. The van der Waals surface area contributed by atoms with Crippen molar-refractivity contribution >= 4 is 32.6 Å². The average Bonchev–Trinajstić information content (AvgIpc) is 2.84. The molecule has 0 saturated heterocycles. The number of anilines is 1. The van der Waals surface area contributed by atoms with Gasteiger partial charge >= 0.3 is 0 Å². The highest BCUT2D eigenvalue weighted by molar-refractivity contribution is 7.85. The quantitative estimate of drug-likeness (QED) is 0.122. The second kappa shape index (κ2) is 11.1. The van der Waals surface area contributed by atoms with Crippen LogP contribution < -0.4 is 10.7 Å². The minimum absolute atomic E-state index is 0.0176. The van der Waals surface area contributed by atoms with Crippen LogP contribution in [0.4, 0.5) is 5.69 Å². The molecule has 0 bridgehead atoms. The van der Waals surface area contributed by atoms with Gasteiger partial charge in [0.15, 0.2) is 5.78 Å². The highest BCUT2D eigenvalue weighted by Crippen LogP contribution is 2.41. The van der Waals surface area contributed by atoms with Crippen molar-refractivity contribution in [2.45, 2.75) is 33.1 Å². The van der Waals surface area contributed by atoms with E-state index in [1.807, 2.05) is 60.7 Å². The molecule has 0 atom stereocenters. The Bertz CT molecular complexity index is 1540. The Morgan fingerprint density at radius 3 is 2.58 bits per heavy atom. The van der Waals surface area contributed by atoms with E-state index in [0.717, 1.165) is 52.5 Å². The number of rotatable bonds is 10. The lowest BCUT2D eigenvalue weighted by molar-refractivity contribution is 0.101. The molecule has 7 nitrogen and oxygen atoms in total. The molecular weight excluding hydrogens is 476 g/mol. The molecule has 0 unspecified atom stereocenters. The largest absolute Gasteiger partial charge is 0.456 e. The van der Waals surface area contributed by atoms with E-state index in [1.54, 1.807) is 6.92 Å². The predicted octanol–water partition coefficient (Wildman–Crippen LogP) is 5.80. The third kappa shape index (κ3) is 6.01. The molecule has 2 aliphatic rings. The number of carbonyl (C=O) groups is 1. The van der Waals surface area contributed by atoms with Crippen molar-refractivity contribution in [3.63, 3.8) is 0 Å². The molecule has 0 fully saturated rings. The number of Topliss-reactive ketones (excluding diaryl/α,β-unsaturated/α-hetero) is 1. The topological polar surface area (TPSA) is 109 Å². The van der Waals surface area contributed by atoms with Crippen molar-refractivity contribution in [3.8, 4) is 22.5 Å². The smallest absolute Gasteiger partial charge is 0.264 e. The SMILES string of the molecule is CCCC/N=c1/ccc2c(-c3ccccc3C(C)=O)c3ccc(NCCCS(=O)(=O)O)cc3oc-2c1. The highest BCUT2D eigenvalue weighted by Gasteiger charge is 2.20. The number of nitrogens with one attached hydrogen (secondary N) is 1. The zero-order valence-corrected chi connectivity index (χ0v) is 21.3. The summed E-state index contributed by atoms with van der Waals surface area (Å²) in [6.45, 7) is 4.81. The Balaban J connectivity index is 1.86. The average molecular weight is 507 g/mol. The van der Waals surface area contributed by atoms with Crippen molar-refractivity contribution < 1.29 is 22.2 Å². The van der Waals surface area contributed by atoms with Gasteiger partial charge < -0.3 is 9.73 Å². The fourth-order valence-electron chi connectivity index (χ4n) is 4.24. The van der Waals surface area contributed by atoms with Crippen molar-refractivity contribution in [2.24, 2.45) is 4.99 Å². The molecule has 2 N–H and O–H groups in total. The molecular formula is C28H30N2O5S. The zero-order valence-electron chi connectivity index (χ0n) is 20.5. The highest BCUT2D eigenvalue weighted by atomic mass is 32.2. The van der Waals surface area contributed by atoms with Crippen LogP contribution in [0.25, 0.3) is 33.4 Å². The summed E-state index contributed by atoms with van der Waals surface area (Å²) in [6, 6.07) is 19.2.